The maximum absolute atomic E-state index is 11.8. The van der Waals surface area contributed by atoms with E-state index in [2.05, 4.69) is 9.97 Å². The van der Waals surface area contributed by atoms with Gasteiger partial charge in [-0.1, -0.05) is 0 Å². The molecule has 0 bridgehead atoms. The summed E-state index contributed by atoms with van der Waals surface area (Å²) in [6.45, 7) is 7.61. The second-order valence-corrected chi connectivity index (χ2v) is 9.51. The standard InChI is InChI=1S/C21H24N2O7S2/c1-10-20(32-11(2)23-10)15-6-16(8-22-7-15)30-21-19(29-14(5)26)18(28-13(4)25)17(9-31-21)27-12(3)24/h6-8,17-19,21H,9H2,1-5H3/t17-,18+,19-,21-/m1/s1. The van der Waals surface area contributed by atoms with Crippen LogP contribution in [0.15, 0.2) is 18.5 Å². The summed E-state index contributed by atoms with van der Waals surface area (Å²) in [4.78, 5) is 44.7. The first-order valence-corrected chi connectivity index (χ1v) is 11.7. The van der Waals surface area contributed by atoms with Crippen molar-refractivity contribution in [2.45, 2.75) is 58.4 Å². The average Bonchev–Trinajstić information content (AvgIpc) is 3.03. The molecule has 1 aliphatic heterocycles. The molecule has 11 heteroatoms. The van der Waals surface area contributed by atoms with Gasteiger partial charge in [-0.15, -0.1) is 23.1 Å². The van der Waals surface area contributed by atoms with Gasteiger partial charge in [0.15, 0.2) is 23.7 Å². The molecule has 1 aliphatic rings. The van der Waals surface area contributed by atoms with Crippen LogP contribution in [0.25, 0.3) is 10.4 Å². The molecule has 3 heterocycles. The van der Waals surface area contributed by atoms with Crippen LogP contribution in [0.3, 0.4) is 0 Å². The van der Waals surface area contributed by atoms with Gasteiger partial charge in [-0.2, -0.15) is 0 Å². The van der Waals surface area contributed by atoms with Gasteiger partial charge in [0.2, 0.25) is 0 Å². The molecule has 172 valence electrons. The van der Waals surface area contributed by atoms with Crippen LogP contribution < -0.4 is 4.74 Å². The van der Waals surface area contributed by atoms with E-state index in [0.29, 0.717) is 11.5 Å². The van der Waals surface area contributed by atoms with Gasteiger partial charge in [0, 0.05) is 38.3 Å². The lowest BCUT2D eigenvalue weighted by Gasteiger charge is -2.39. The number of esters is 3. The van der Waals surface area contributed by atoms with Crippen molar-refractivity contribution in [2.75, 3.05) is 5.75 Å². The number of thioether (sulfide) groups is 1. The Morgan fingerprint density at radius 2 is 1.62 bits per heavy atom. The van der Waals surface area contributed by atoms with Gasteiger partial charge in [-0.3, -0.25) is 19.4 Å². The minimum atomic E-state index is -1.01. The molecule has 0 radical (unpaired) electrons. The third-order valence-electron chi connectivity index (χ3n) is 4.44. The molecule has 0 spiro atoms. The molecule has 0 N–H and O–H groups in total. The fraction of sp³-hybridized carbons (Fsp3) is 0.476. The zero-order valence-corrected chi connectivity index (χ0v) is 20.0. The SMILES string of the molecule is CC(=O)O[C@@H]1[C@@H](OC(C)=O)[C@H](OC(C)=O)CS[C@H]1Oc1cncc(-c2sc(C)nc2C)c1. The minimum Gasteiger partial charge on any atom is -0.474 e. The Morgan fingerprint density at radius 3 is 2.22 bits per heavy atom. The number of pyridine rings is 1. The quantitative estimate of drug-likeness (QED) is 0.451. The number of hydrogen-bond acceptors (Lipinski definition) is 11. The Bertz CT molecular complexity index is 1010. The zero-order chi connectivity index (χ0) is 23.4. The molecule has 0 aliphatic carbocycles. The molecule has 4 atom stereocenters. The van der Waals surface area contributed by atoms with Crippen LogP contribution in [0.4, 0.5) is 0 Å². The van der Waals surface area contributed by atoms with Crippen molar-refractivity contribution in [2.24, 2.45) is 0 Å². The first kappa shape index (κ1) is 24.0. The number of ether oxygens (including phenoxy) is 4. The lowest BCUT2D eigenvalue weighted by Crippen LogP contribution is -2.55. The molecule has 1 fully saturated rings. The van der Waals surface area contributed by atoms with Crippen LogP contribution in [0, 0.1) is 13.8 Å². The summed E-state index contributed by atoms with van der Waals surface area (Å²) in [5, 5.41) is 0.947. The molecule has 2 aromatic heterocycles. The van der Waals surface area contributed by atoms with Gasteiger partial charge in [0.25, 0.3) is 0 Å². The van der Waals surface area contributed by atoms with E-state index in [-0.39, 0.29) is 0 Å². The normalized spacial score (nSPS) is 22.7. The van der Waals surface area contributed by atoms with Gasteiger partial charge < -0.3 is 18.9 Å². The van der Waals surface area contributed by atoms with Crippen molar-refractivity contribution < 1.29 is 33.3 Å². The van der Waals surface area contributed by atoms with E-state index in [0.717, 1.165) is 21.1 Å². The highest BCUT2D eigenvalue weighted by atomic mass is 32.2. The lowest BCUT2D eigenvalue weighted by molar-refractivity contribution is -0.186. The zero-order valence-electron chi connectivity index (χ0n) is 18.3. The van der Waals surface area contributed by atoms with E-state index in [4.69, 9.17) is 18.9 Å². The Labute approximate surface area is 193 Å². The molecule has 0 saturated carbocycles. The Hall–Kier alpha value is -2.66. The van der Waals surface area contributed by atoms with E-state index in [1.54, 1.807) is 23.7 Å². The highest BCUT2D eigenvalue weighted by Gasteiger charge is 2.47. The summed E-state index contributed by atoms with van der Waals surface area (Å²) >= 11 is 2.85. The highest BCUT2D eigenvalue weighted by molar-refractivity contribution is 7.99. The molecule has 0 aromatic carbocycles. The van der Waals surface area contributed by atoms with E-state index in [9.17, 15) is 14.4 Å². The van der Waals surface area contributed by atoms with Gasteiger partial charge in [0.05, 0.1) is 21.8 Å². The molecule has 3 rings (SSSR count). The molecule has 32 heavy (non-hydrogen) atoms. The summed E-state index contributed by atoms with van der Waals surface area (Å²) in [6, 6.07) is 1.83. The number of hydrogen-bond donors (Lipinski definition) is 0. The molecular weight excluding hydrogens is 456 g/mol. The van der Waals surface area contributed by atoms with Gasteiger partial charge in [0.1, 0.15) is 5.75 Å². The molecule has 2 aromatic rings. The fourth-order valence-corrected chi connectivity index (χ4v) is 5.47. The summed E-state index contributed by atoms with van der Waals surface area (Å²) in [6.07, 6.45) is 0.502. The Kier molecular flexibility index (Phi) is 7.73. The molecular formula is C21H24N2O7S2. The number of carbonyl (C=O) groups is 3. The first-order chi connectivity index (χ1) is 15.1. The first-order valence-electron chi connectivity index (χ1n) is 9.83. The fourth-order valence-electron chi connectivity index (χ4n) is 3.35. The Morgan fingerprint density at radius 1 is 0.969 bits per heavy atom. The van der Waals surface area contributed by atoms with Crippen molar-refractivity contribution in [3.63, 3.8) is 0 Å². The number of rotatable bonds is 6. The van der Waals surface area contributed by atoms with E-state index in [1.165, 1.54) is 32.5 Å². The number of nitrogens with zero attached hydrogens (tertiary/aromatic N) is 2. The van der Waals surface area contributed by atoms with Gasteiger partial charge >= 0.3 is 17.9 Å². The van der Waals surface area contributed by atoms with Crippen molar-refractivity contribution in [3.8, 4) is 16.2 Å². The predicted octanol–water partition coefficient (Wildman–Crippen LogP) is 3.07. The van der Waals surface area contributed by atoms with Crippen LogP contribution in [-0.4, -0.2) is 57.4 Å². The molecule has 9 nitrogen and oxygen atoms in total. The predicted molar refractivity (Wildman–Crippen MR) is 118 cm³/mol. The van der Waals surface area contributed by atoms with Crippen LogP contribution >= 0.6 is 23.1 Å². The maximum Gasteiger partial charge on any atom is 0.303 e. The van der Waals surface area contributed by atoms with E-state index >= 15 is 0 Å². The van der Waals surface area contributed by atoms with Crippen molar-refractivity contribution >= 4 is 41.0 Å². The van der Waals surface area contributed by atoms with Crippen molar-refractivity contribution in [1.29, 1.82) is 0 Å². The summed E-state index contributed by atoms with van der Waals surface area (Å²) in [5.74, 6) is -0.946. The summed E-state index contributed by atoms with van der Waals surface area (Å²) in [7, 11) is 0. The number of aryl methyl sites for hydroxylation is 2. The third-order valence-corrected chi connectivity index (χ3v) is 6.77. The third kappa shape index (κ3) is 5.98. The van der Waals surface area contributed by atoms with E-state index < -0.39 is 41.7 Å². The Balaban J connectivity index is 1.88. The maximum atomic E-state index is 11.8. The number of thiazole rings is 1. The average molecular weight is 481 g/mol. The van der Waals surface area contributed by atoms with Crippen molar-refractivity contribution in [3.05, 3.63) is 29.2 Å². The molecule has 1 saturated heterocycles. The van der Waals surface area contributed by atoms with Crippen LogP contribution in [0.5, 0.6) is 5.75 Å². The molecule has 0 unspecified atom stereocenters. The van der Waals surface area contributed by atoms with Crippen LogP contribution in [-0.2, 0) is 28.6 Å². The topological polar surface area (TPSA) is 114 Å². The smallest absolute Gasteiger partial charge is 0.303 e. The number of aromatic nitrogens is 2. The summed E-state index contributed by atoms with van der Waals surface area (Å²) < 4.78 is 22.3. The van der Waals surface area contributed by atoms with Crippen LogP contribution in [0.2, 0.25) is 0 Å². The second-order valence-electron chi connectivity index (χ2n) is 7.17. The molecule has 0 amide bonds. The summed E-state index contributed by atoms with van der Waals surface area (Å²) in [5.41, 5.74) is 1.04. The highest BCUT2D eigenvalue weighted by Crippen LogP contribution is 2.36. The van der Waals surface area contributed by atoms with Gasteiger partial charge in [-0.05, 0) is 19.9 Å². The minimum absolute atomic E-state index is 0.292. The second kappa shape index (κ2) is 10.3. The largest absolute Gasteiger partial charge is 0.474 e. The van der Waals surface area contributed by atoms with Gasteiger partial charge in [-0.25, -0.2) is 4.98 Å². The number of carbonyl (C=O) groups excluding carboxylic acids is 3. The van der Waals surface area contributed by atoms with E-state index in [1.807, 2.05) is 19.9 Å². The van der Waals surface area contributed by atoms with Crippen molar-refractivity contribution in [1.82, 2.24) is 9.97 Å². The lowest BCUT2D eigenvalue weighted by atomic mass is 10.1. The monoisotopic (exact) mass is 480 g/mol. The van der Waals surface area contributed by atoms with Crippen LogP contribution in [0.1, 0.15) is 31.5 Å².